The summed E-state index contributed by atoms with van der Waals surface area (Å²) in [5, 5.41) is 3.19. The number of ether oxygens (including phenoxy) is 1. The van der Waals surface area contributed by atoms with E-state index in [1.54, 1.807) is 0 Å². The number of amides is 1. The maximum Gasteiger partial charge on any atom is 0.237 e. The topological polar surface area (TPSA) is 67.6 Å². The summed E-state index contributed by atoms with van der Waals surface area (Å²) >= 11 is 0. The van der Waals surface area contributed by atoms with Crippen molar-refractivity contribution in [3.8, 4) is 0 Å². The standard InChI is InChI=1S/C19H29N3O2/c20-18(16-8-11-24-12-9-16)19(23)21-17-7-4-10-22(14-17)13-15-5-2-1-3-6-15/h1-3,5-6,16-18H,4,7-14,20H2,(H,21,23). The van der Waals surface area contributed by atoms with E-state index >= 15 is 0 Å². The molecule has 0 aliphatic carbocycles. The largest absolute Gasteiger partial charge is 0.381 e. The molecule has 5 nitrogen and oxygen atoms in total. The number of nitrogens with two attached hydrogens (primary N) is 1. The predicted molar refractivity (Wildman–Crippen MR) is 94.4 cm³/mol. The molecule has 3 N–H and O–H groups in total. The van der Waals surface area contributed by atoms with Crippen molar-refractivity contribution in [2.45, 2.75) is 44.3 Å². The zero-order chi connectivity index (χ0) is 16.8. The van der Waals surface area contributed by atoms with E-state index < -0.39 is 6.04 Å². The summed E-state index contributed by atoms with van der Waals surface area (Å²) in [4.78, 5) is 14.9. The molecule has 0 radical (unpaired) electrons. The maximum atomic E-state index is 12.5. The fourth-order valence-electron chi connectivity index (χ4n) is 3.74. The Hall–Kier alpha value is -1.43. The molecule has 2 heterocycles. The van der Waals surface area contributed by atoms with Crippen LogP contribution in [-0.4, -0.2) is 49.2 Å². The van der Waals surface area contributed by atoms with Crippen LogP contribution in [0, 0.1) is 5.92 Å². The van der Waals surface area contributed by atoms with Crippen LogP contribution in [-0.2, 0) is 16.1 Å². The molecule has 24 heavy (non-hydrogen) atoms. The molecule has 3 rings (SSSR count). The first-order chi connectivity index (χ1) is 11.7. The second kappa shape index (κ2) is 8.60. The number of benzene rings is 1. The van der Waals surface area contributed by atoms with Crippen molar-refractivity contribution in [3.63, 3.8) is 0 Å². The highest BCUT2D eigenvalue weighted by atomic mass is 16.5. The Labute approximate surface area is 144 Å². The lowest BCUT2D eigenvalue weighted by atomic mass is 9.91. The number of rotatable bonds is 5. The number of carbonyl (C=O) groups excluding carboxylic acids is 1. The van der Waals surface area contributed by atoms with Crippen LogP contribution in [0.5, 0.6) is 0 Å². The van der Waals surface area contributed by atoms with Crippen LogP contribution in [0.3, 0.4) is 0 Å². The van der Waals surface area contributed by atoms with E-state index in [-0.39, 0.29) is 17.9 Å². The molecule has 0 bridgehead atoms. The van der Waals surface area contributed by atoms with Crippen molar-refractivity contribution in [2.24, 2.45) is 11.7 Å². The van der Waals surface area contributed by atoms with Gasteiger partial charge in [-0.2, -0.15) is 0 Å². The van der Waals surface area contributed by atoms with Crippen LogP contribution >= 0.6 is 0 Å². The van der Waals surface area contributed by atoms with E-state index in [1.807, 2.05) is 6.07 Å². The normalized spacial score (nSPS) is 24.5. The first-order valence-corrected chi connectivity index (χ1v) is 9.12. The van der Waals surface area contributed by atoms with E-state index in [1.165, 1.54) is 5.56 Å². The number of nitrogens with zero attached hydrogens (tertiary/aromatic N) is 1. The third-order valence-corrected chi connectivity index (χ3v) is 5.18. The molecule has 0 aromatic heterocycles. The molecule has 2 saturated heterocycles. The monoisotopic (exact) mass is 331 g/mol. The summed E-state index contributed by atoms with van der Waals surface area (Å²) in [6.45, 7) is 4.38. The second-order valence-corrected chi connectivity index (χ2v) is 7.04. The highest BCUT2D eigenvalue weighted by Gasteiger charge is 2.29. The van der Waals surface area contributed by atoms with E-state index in [0.717, 1.165) is 58.5 Å². The fourth-order valence-corrected chi connectivity index (χ4v) is 3.74. The predicted octanol–water partition coefficient (Wildman–Crippen LogP) is 1.52. The highest BCUT2D eigenvalue weighted by Crippen LogP contribution is 2.19. The average Bonchev–Trinajstić information content (AvgIpc) is 2.63. The summed E-state index contributed by atoms with van der Waals surface area (Å²) in [7, 11) is 0. The molecule has 1 aromatic rings. The molecule has 1 amide bonds. The van der Waals surface area contributed by atoms with E-state index in [4.69, 9.17) is 10.5 Å². The number of hydrogen-bond acceptors (Lipinski definition) is 4. The molecule has 2 aliphatic heterocycles. The minimum absolute atomic E-state index is 0.00783. The van der Waals surface area contributed by atoms with Gasteiger partial charge >= 0.3 is 0 Å². The lowest BCUT2D eigenvalue weighted by molar-refractivity contribution is -0.125. The summed E-state index contributed by atoms with van der Waals surface area (Å²) in [5.41, 5.74) is 7.51. The van der Waals surface area contributed by atoms with Gasteiger partial charge < -0.3 is 15.8 Å². The van der Waals surface area contributed by atoms with Crippen molar-refractivity contribution in [1.29, 1.82) is 0 Å². The molecule has 5 heteroatoms. The third kappa shape index (κ3) is 4.79. The smallest absolute Gasteiger partial charge is 0.237 e. The number of carbonyl (C=O) groups is 1. The van der Waals surface area contributed by atoms with Gasteiger partial charge in [-0.25, -0.2) is 0 Å². The van der Waals surface area contributed by atoms with Crippen LogP contribution in [0.15, 0.2) is 30.3 Å². The summed E-state index contributed by atoms with van der Waals surface area (Å²) in [6.07, 6.45) is 3.93. The van der Waals surface area contributed by atoms with Crippen molar-refractivity contribution in [3.05, 3.63) is 35.9 Å². The van der Waals surface area contributed by atoms with Crippen LogP contribution in [0.2, 0.25) is 0 Å². The molecule has 2 atom stereocenters. The van der Waals surface area contributed by atoms with Gasteiger partial charge in [0.05, 0.1) is 6.04 Å². The van der Waals surface area contributed by atoms with Crippen molar-refractivity contribution in [2.75, 3.05) is 26.3 Å². The van der Waals surface area contributed by atoms with E-state index in [2.05, 4.69) is 34.5 Å². The van der Waals surface area contributed by atoms with Gasteiger partial charge in [0.15, 0.2) is 0 Å². The van der Waals surface area contributed by atoms with Gasteiger partial charge in [-0.05, 0) is 43.7 Å². The third-order valence-electron chi connectivity index (χ3n) is 5.18. The Bertz CT molecular complexity index is 517. The van der Waals surface area contributed by atoms with Gasteiger partial charge in [-0.1, -0.05) is 30.3 Å². The minimum atomic E-state index is -0.404. The van der Waals surface area contributed by atoms with Crippen LogP contribution in [0.25, 0.3) is 0 Å². The molecular weight excluding hydrogens is 302 g/mol. The van der Waals surface area contributed by atoms with E-state index in [9.17, 15) is 4.79 Å². The van der Waals surface area contributed by atoms with Gasteiger partial charge in [0, 0.05) is 32.3 Å². The maximum absolute atomic E-state index is 12.5. The average molecular weight is 331 g/mol. The van der Waals surface area contributed by atoms with Crippen molar-refractivity contribution < 1.29 is 9.53 Å². The molecule has 132 valence electrons. The quantitative estimate of drug-likeness (QED) is 0.858. The first-order valence-electron chi connectivity index (χ1n) is 9.12. The summed E-state index contributed by atoms with van der Waals surface area (Å²) in [6, 6.07) is 10.3. The fraction of sp³-hybridized carbons (Fsp3) is 0.632. The number of likely N-dealkylation sites (tertiary alicyclic amines) is 1. The Morgan fingerprint density at radius 2 is 2.00 bits per heavy atom. The summed E-state index contributed by atoms with van der Waals surface area (Å²) in [5.74, 6) is 0.260. The number of hydrogen-bond donors (Lipinski definition) is 2. The SMILES string of the molecule is NC(C(=O)NC1CCCN(Cc2ccccc2)C1)C1CCOCC1. The van der Waals surface area contributed by atoms with Crippen LogP contribution in [0.1, 0.15) is 31.2 Å². The van der Waals surface area contributed by atoms with Crippen LogP contribution in [0.4, 0.5) is 0 Å². The molecule has 0 saturated carbocycles. The van der Waals surface area contributed by atoms with Gasteiger partial charge in [0.2, 0.25) is 5.91 Å². The van der Waals surface area contributed by atoms with Gasteiger partial charge in [-0.15, -0.1) is 0 Å². The number of piperidine rings is 1. The van der Waals surface area contributed by atoms with Gasteiger partial charge in [-0.3, -0.25) is 9.69 Å². The molecule has 2 unspecified atom stereocenters. The molecule has 0 spiro atoms. The van der Waals surface area contributed by atoms with E-state index in [0.29, 0.717) is 0 Å². The second-order valence-electron chi connectivity index (χ2n) is 7.04. The lowest BCUT2D eigenvalue weighted by Crippen LogP contribution is -2.54. The minimum Gasteiger partial charge on any atom is -0.381 e. The Morgan fingerprint density at radius 3 is 2.75 bits per heavy atom. The zero-order valence-electron chi connectivity index (χ0n) is 14.3. The molecule has 1 aromatic carbocycles. The van der Waals surface area contributed by atoms with Gasteiger partial charge in [0.1, 0.15) is 0 Å². The van der Waals surface area contributed by atoms with Gasteiger partial charge in [0.25, 0.3) is 0 Å². The first kappa shape index (κ1) is 17.4. The lowest BCUT2D eigenvalue weighted by Gasteiger charge is -2.34. The van der Waals surface area contributed by atoms with Crippen molar-refractivity contribution in [1.82, 2.24) is 10.2 Å². The van der Waals surface area contributed by atoms with Crippen molar-refractivity contribution >= 4 is 5.91 Å². The Balaban J connectivity index is 1.48. The Kier molecular flexibility index (Phi) is 6.24. The summed E-state index contributed by atoms with van der Waals surface area (Å²) < 4.78 is 5.36. The molecular formula is C19H29N3O2. The highest BCUT2D eigenvalue weighted by molar-refractivity contribution is 5.82. The van der Waals surface area contributed by atoms with Crippen LogP contribution < -0.4 is 11.1 Å². The molecule has 2 aliphatic rings. The zero-order valence-corrected chi connectivity index (χ0v) is 14.3. The molecule has 2 fully saturated rings. The Morgan fingerprint density at radius 1 is 1.25 bits per heavy atom. The number of nitrogens with one attached hydrogen (secondary N) is 1.